The van der Waals surface area contributed by atoms with Crippen LogP contribution in [0.4, 0.5) is 0 Å². The highest BCUT2D eigenvalue weighted by Crippen LogP contribution is 2.47. The maximum Gasteiger partial charge on any atom is 0.159 e. The van der Waals surface area contributed by atoms with Crippen molar-refractivity contribution in [2.24, 2.45) is 17.3 Å². The molecule has 0 saturated carbocycles. The summed E-state index contributed by atoms with van der Waals surface area (Å²) in [6.45, 7) is 8.89. The van der Waals surface area contributed by atoms with E-state index in [1.807, 2.05) is 0 Å². The van der Waals surface area contributed by atoms with Gasteiger partial charge < -0.3 is 0 Å². The van der Waals surface area contributed by atoms with Crippen molar-refractivity contribution in [3.63, 3.8) is 0 Å². The van der Waals surface area contributed by atoms with Gasteiger partial charge in [-0.05, 0) is 44.1 Å². The Kier molecular flexibility index (Phi) is 2.37. The molecule has 0 aromatic heterocycles. The summed E-state index contributed by atoms with van der Waals surface area (Å²) >= 11 is 0. The lowest BCUT2D eigenvalue weighted by Crippen LogP contribution is -2.39. The van der Waals surface area contributed by atoms with E-state index in [1.54, 1.807) is 6.08 Å². The van der Waals surface area contributed by atoms with Gasteiger partial charge in [-0.1, -0.05) is 31.1 Å². The van der Waals surface area contributed by atoms with Crippen molar-refractivity contribution in [2.45, 2.75) is 40.5 Å². The molecule has 0 amide bonds. The largest absolute Gasteiger partial charge is 0.295 e. The third-order valence-corrected chi connectivity index (χ3v) is 4.26. The van der Waals surface area contributed by atoms with Gasteiger partial charge in [-0.3, -0.25) is 4.79 Å². The summed E-state index contributed by atoms with van der Waals surface area (Å²) in [6.07, 6.45) is 5.97. The lowest BCUT2D eigenvalue weighted by atomic mass is 9.60. The zero-order valence-electron chi connectivity index (χ0n) is 10.1. The number of hydrogen-bond acceptors (Lipinski definition) is 1. The van der Waals surface area contributed by atoms with Crippen LogP contribution in [0.15, 0.2) is 23.3 Å². The van der Waals surface area contributed by atoms with Crippen LogP contribution < -0.4 is 0 Å². The van der Waals surface area contributed by atoms with Crippen LogP contribution in [0.3, 0.4) is 0 Å². The first kappa shape index (κ1) is 10.7. The molecule has 1 nitrogen and oxygen atoms in total. The zero-order valence-corrected chi connectivity index (χ0v) is 10.1. The molecule has 0 aromatic rings. The van der Waals surface area contributed by atoms with Crippen molar-refractivity contribution in [3.05, 3.63) is 23.3 Å². The van der Waals surface area contributed by atoms with Crippen LogP contribution >= 0.6 is 0 Å². The minimum Gasteiger partial charge on any atom is -0.295 e. The predicted octanol–water partition coefficient (Wildman–Crippen LogP) is 3.51. The van der Waals surface area contributed by atoms with Gasteiger partial charge in [0, 0.05) is 5.92 Å². The van der Waals surface area contributed by atoms with Crippen LogP contribution in [0.25, 0.3) is 0 Å². The normalized spacial score (nSPS) is 34.3. The second-order valence-corrected chi connectivity index (χ2v) is 5.74. The molecule has 0 aromatic carbocycles. The average molecular weight is 204 g/mol. The number of rotatable bonds is 0. The van der Waals surface area contributed by atoms with E-state index in [1.165, 1.54) is 11.1 Å². The molecule has 82 valence electrons. The minimum absolute atomic E-state index is 0.181. The SMILES string of the molecule is CC1=C(C)CC2C(C1)C(=O)C=CC2(C)C. The molecule has 0 saturated heterocycles. The van der Waals surface area contributed by atoms with Crippen LogP contribution in [0.1, 0.15) is 40.5 Å². The molecule has 2 atom stereocenters. The average Bonchev–Trinajstić information content (AvgIpc) is 2.16. The van der Waals surface area contributed by atoms with Gasteiger partial charge in [0.1, 0.15) is 0 Å². The zero-order chi connectivity index (χ0) is 11.2. The van der Waals surface area contributed by atoms with Crippen LogP contribution in [-0.2, 0) is 4.79 Å². The number of carbonyl (C=O) groups excluding carboxylic acids is 1. The first-order valence-electron chi connectivity index (χ1n) is 5.80. The molecule has 0 N–H and O–H groups in total. The first-order chi connectivity index (χ1) is 6.92. The number of hydrogen-bond donors (Lipinski definition) is 0. The topological polar surface area (TPSA) is 17.1 Å². The van der Waals surface area contributed by atoms with E-state index in [0.717, 1.165) is 12.8 Å². The van der Waals surface area contributed by atoms with Crippen molar-refractivity contribution in [1.82, 2.24) is 0 Å². The predicted molar refractivity (Wildman–Crippen MR) is 62.5 cm³/mol. The van der Waals surface area contributed by atoms with Gasteiger partial charge in [0.05, 0.1) is 0 Å². The Morgan fingerprint density at radius 3 is 2.47 bits per heavy atom. The molecular weight excluding hydrogens is 184 g/mol. The molecular formula is C14H20O. The minimum atomic E-state index is 0.181. The van der Waals surface area contributed by atoms with Crippen LogP contribution in [0.2, 0.25) is 0 Å². The van der Waals surface area contributed by atoms with E-state index in [-0.39, 0.29) is 11.3 Å². The third-order valence-electron chi connectivity index (χ3n) is 4.26. The van der Waals surface area contributed by atoms with Gasteiger partial charge in [-0.2, -0.15) is 0 Å². The van der Waals surface area contributed by atoms with Gasteiger partial charge in [-0.25, -0.2) is 0 Å². The smallest absolute Gasteiger partial charge is 0.159 e. The Bertz CT molecular complexity index is 358. The van der Waals surface area contributed by atoms with Crippen molar-refractivity contribution >= 4 is 5.78 Å². The Hall–Kier alpha value is -0.850. The van der Waals surface area contributed by atoms with Crippen LogP contribution in [0, 0.1) is 17.3 Å². The monoisotopic (exact) mass is 204 g/mol. The van der Waals surface area contributed by atoms with E-state index < -0.39 is 0 Å². The lowest BCUT2D eigenvalue weighted by molar-refractivity contribution is -0.122. The highest BCUT2D eigenvalue weighted by Gasteiger charge is 2.42. The quantitative estimate of drug-likeness (QED) is 0.552. The summed E-state index contributed by atoms with van der Waals surface area (Å²) in [7, 11) is 0. The Morgan fingerprint density at radius 1 is 1.20 bits per heavy atom. The number of allylic oxidation sites excluding steroid dienone is 4. The second kappa shape index (κ2) is 3.33. The van der Waals surface area contributed by atoms with E-state index in [9.17, 15) is 4.79 Å². The molecule has 0 bridgehead atoms. The maximum atomic E-state index is 11.9. The summed E-state index contributed by atoms with van der Waals surface area (Å²) in [5.41, 5.74) is 3.10. The molecule has 2 aliphatic rings. The third kappa shape index (κ3) is 1.68. The molecule has 2 aliphatic carbocycles. The van der Waals surface area contributed by atoms with Crippen molar-refractivity contribution in [2.75, 3.05) is 0 Å². The van der Waals surface area contributed by atoms with E-state index in [4.69, 9.17) is 0 Å². The summed E-state index contributed by atoms with van der Waals surface area (Å²) in [4.78, 5) is 11.9. The fourth-order valence-corrected chi connectivity index (χ4v) is 2.92. The molecule has 0 radical (unpaired) electrons. The molecule has 15 heavy (non-hydrogen) atoms. The van der Waals surface area contributed by atoms with Crippen molar-refractivity contribution in [3.8, 4) is 0 Å². The maximum absolute atomic E-state index is 11.9. The van der Waals surface area contributed by atoms with Crippen LogP contribution in [-0.4, -0.2) is 5.78 Å². The molecule has 0 spiro atoms. The molecule has 2 unspecified atom stereocenters. The van der Waals surface area contributed by atoms with E-state index >= 15 is 0 Å². The number of fused-ring (bicyclic) bond motifs is 1. The Morgan fingerprint density at radius 2 is 1.80 bits per heavy atom. The summed E-state index contributed by atoms with van der Waals surface area (Å²) < 4.78 is 0. The van der Waals surface area contributed by atoms with Crippen LogP contribution in [0.5, 0.6) is 0 Å². The molecule has 2 rings (SSSR count). The van der Waals surface area contributed by atoms with Gasteiger partial charge in [-0.15, -0.1) is 0 Å². The summed E-state index contributed by atoms with van der Waals surface area (Å²) in [6, 6.07) is 0. The lowest BCUT2D eigenvalue weighted by Gasteiger charge is -2.43. The van der Waals surface area contributed by atoms with Gasteiger partial charge >= 0.3 is 0 Å². The standard InChI is InChI=1S/C14H20O/c1-9-7-11-12(8-10(9)2)14(3,4)6-5-13(11)15/h5-6,11-12H,7-8H2,1-4H3. The molecule has 1 heteroatoms. The van der Waals surface area contributed by atoms with Crippen molar-refractivity contribution in [1.29, 1.82) is 0 Å². The summed E-state index contributed by atoms with van der Waals surface area (Å²) in [5.74, 6) is 1.10. The number of ketones is 1. The van der Waals surface area contributed by atoms with E-state index in [0.29, 0.717) is 11.7 Å². The molecule has 0 fully saturated rings. The molecule has 0 aliphatic heterocycles. The fraction of sp³-hybridized carbons (Fsp3) is 0.643. The molecule has 0 heterocycles. The number of carbonyl (C=O) groups is 1. The van der Waals surface area contributed by atoms with Crippen molar-refractivity contribution < 1.29 is 4.79 Å². The van der Waals surface area contributed by atoms with Gasteiger partial charge in [0.15, 0.2) is 5.78 Å². The second-order valence-electron chi connectivity index (χ2n) is 5.74. The first-order valence-corrected chi connectivity index (χ1v) is 5.80. The Balaban J connectivity index is 2.38. The highest BCUT2D eigenvalue weighted by atomic mass is 16.1. The fourth-order valence-electron chi connectivity index (χ4n) is 2.92. The van der Waals surface area contributed by atoms with Gasteiger partial charge in [0.25, 0.3) is 0 Å². The Labute approximate surface area is 92.3 Å². The summed E-state index contributed by atoms with van der Waals surface area (Å²) in [5, 5.41) is 0. The van der Waals surface area contributed by atoms with Gasteiger partial charge in [0.2, 0.25) is 0 Å². The highest BCUT2D eigenvalue weighted by molar-refractivity contribution is 5.93. The van der Waals surface area contributed by atoms with E-state index in [2.05, 4.69) is 33.8 Å².